The fourth-order valence-corrected chi connectivity index (χ4v) is 1.68. The second kappa shape index (κ2) is 3.98. The molecule has 1 saturated heterocycles. The van der Waals surface area contributed by atoms with Crippen LogP contribution >= 0.6 is 0 Å². The van der Waals surface area contributed by atoms with Gasteiger partial charge in [-0.2, -0.15) is 0 Å². The lowest BCUT2D eigenvalue weighted by Gasteiger charge is -2.16. The van der Waals surface area contributed by atoms with E-state index in [1.54, 1.807) is 0 Å². The molecular formula is C11H16N2O. The maximum Gasteiger partial charge on any atom is 0.0877 e. The van der Waals surface area contributed by atoms with E-state index in [-0.39, 0.29) is 12.1 Å². The summed E-state index contributed by atoms with van der Waals surface area (Å²) in [5.41, 5.74) is 2.32. The van der Waals surface area contributed by atoms with Crippen LogP contribution in [0.15, 0.2) is 24.3 Å². The van der Waals surface area contributed by atoms with E-state index in [2.05, 4.69) is 29.7 Å². The molecule has 0 unspecified atom stereocenters. The summed E-state index contributed by atoms with van der Waals surface area (Å²) in [6.45, 7) is 3.58. The molecule has 1 heterocycles. The van der Waals surface area contributed by atoms with E-state index in [0.717, 1.165) is 12.2 Å². The first kappa shape index (κ1) is 9.49. The van der Waals surface area contributed by atoms with Crippen LogP contribution in [0, 0.1) is 6.92 Å². The summed E-state index contributed by atoms with van der Waals surface area (Å²) in [5, 5.41) is 16.0. The number of benzene rings is 1. The number of rotatable bonds is 2. The van der Waals surface area contributed by atoms with Gasteiger partial charge in [0, 0.05) is 18.8 Å². The maximum absolute atomic E-state index is 9.58. The predicted octanol–water partition coefficient (Wildman–Crippen LogP) is 0.740. The molecule has 1 aliphatic heterocycles. The van der Waals surface area contributed by atoms with Crippen molar-refractivity contribution in [3.8, 4) is 0 Å². The Hall–Kier alpha value is -1.06. The van der Waals surface area contributed by atoms with Crippen LogP contribution in [-0.4, -0.2) is 30.3 Å². The van der Waals surface area contributed by atoms with Crippen molar-refractivity contribution in [2.24, 2.45) is 0 Å². The predicted molar refractivity (Wildman–Crippen MR) is 57.5 cm³/mol. The van der Waals surface area contributed by atoms with Gasteiger partial charge >= 0.3 is 0 Å². The molecule has 0 bridgehead atoms. The zero-order valence-electron chi connectivity index (χ0n) is 8.33. The lowest BCUT2D eigenvalue weighted by atomic mass is 10.2. The van der Waals surface area contributed by atoms with Gasteiger partial charge in [-0.1, -0.05) is 17.7 Å². The van der Waals surface area contributed by atoms with Crippen LogP contribution in [0.1, 0.15) is 5.56 Å². The van der Waals surface area contributed by atoms with E-state index in [0.29, 0.717) is 6.54 Å². The van der Waals surface area contributed by atoms with E-state index < -0.39 is 0 Å². The molecule has 14 heavy (non-hydrogen) atoms. The minimum atomic E-state index is -0.281. The Morgan fingerprint density at radius 2 is 2.00 bits per heavy atom. The van der Waals surface area contributed by atoms with Gasteiger partial charge in [-0.15, -0.1) is 0 Å². The molecule has 2 atom stereocenters. The van der Waals surface area contributed by atoms with Gasteiger partial charge in [0.05, 0.1) is 12.1 Å². The first-order valence-electron chi connectivity index (χ1n) is 4.98. The lowest BCUT2D eigenvalue weighted by Crippen LogP contribution is -2.31. The highest BCUT2D eigenvalue weighted by Gasteiger charge is 2.24. The minimum absolute atomic E-state index is 0.137. The van der Waals surface area contributed by atoms with E-state index >= 15 is 0 Å². The molecular weight excluding hydrogens is 176 g/mol. The fourth-order valence-electron chi connectivity index (χ4n) is 1.68. The molecule has 3 N–H and O–H groups in total. The van der Waals surface area contributed by atoms with Crippen molar-refractivity contribution in [1.29, 1.82) is 0 Å². The molecule has 0 spiro atoms. The van der Waals surface area contributed by atoms with Crippen LogP contribution in [0.5, 0.6) is 0 Å². The zero-order chi connectivity index (χ0) is 9.97. The quantitative estimate of drug-likeness (QED) is 0.647. The number of nitrogens with one attached hydrogen (secondary N) is 2. The summed E-state index contributed by atoms with van der Waals surface area (Å²) in [6.07, 6.45) is -0.281. The van der Waals surface area contributed by atoms with Gasteiger partial charge in [0.15, 0.2) is 0 Å². The molecule has 2 rings (SSSR count). The summed E-state index contributed by atoms with van der Waals surface area (Å²) in [7, 11) is 0. The smallest absolute Gasteiger partial charge is 0.0877 e. The van der Waals surface area contributed by atoms with Gasteiger partial charge in [-0.25, -0.2) is 0 Å². The largest absolute Gasteiger partial charge is 0.390 e. The van der Waals surface area contributed by atoms with Crippen molar-refractivity contribution in [2.45, 2.75) is 19.1 Å². The van der Waals surface area contributed by atoms with E-state index in [1.807, 2.05) is 12.1 Å². The van der Waals surface area contributed by atoms with Gasteiger partial charge < -0.3 is 15.7 Å². The summed E-state index contributed by atoms with van der Waals surface area (Å²) < 4.78 is 0. The standard InChI is InChI=1S/C11H16N2O/c1-8-2-4-9(5-3-8)13-10-6-12-7-11(10)14/h2-5,10-14H,6-7H2,1H3/t10-,11-/m1/s1. The molecule has 0 amide bonds. The Balaban J connectivity index is 2.00. The molecule has 1 aromatic carbocycles. The van der Waals surface area contributed by atoms with Crippen LogP contribution in [0.25, 0.3) is 0 Å². The minimum Gasteiger partial charge on any atom is -0.390 e. The zero-order valence-corrected chi connectivity index (χ0v) is 8.33. The fraction of sp³-hybridized carbons (Fsp3) is 0.455. The van der Waals surface area contributed by atoms with Crippen LogP contribution in [0.4, 0.5) is 5.69 Å². The van der Waals surface area contributed by atoms with E-state index in [9.17, 15) is 5.11 Å². The average molecular weight is 192 g/mol. The molecule has 0 saturated carbocycles. The second-order valence-corrected chi connectivity index (χ2v) is 3.84. The van der Waals surface area contributed by atoms with Gasteiger partial charge in [0.2, 0.25) is 0 Å². The molecule has 1 fully saturated rings. The van der Waals surface area contributed by atoms with Crippen molar-refractivity contribution >= 4 is 5.69 Å². The molecule has 3 nitrogen and oxygen atoms in total. The van der Waals surface area contributed by atoms with E-state index in [1.165, 1.54) is 5.56 Å². The highest BCUT2D eigenvalue weighted by molar-refractivity contribution is 5.45. The molecule has 1 aliphatic rings. The molecule has 0 radical (unpaired) electrons. The number of hydrogen-bond donors (Lipinski definition) is 3. The lowest BCUT2D eigenvalue weighted by molar-refractivity contribution is 0.185. The summed E-state index contributed by atoms with van der Waals surface area (Å²) in [6, 6.07) is 8.35. The van der Waals surface area contributed by atoms with Crippen LogP contribution in [0.3, 0.4) is 0 Å². The Labute approximate surface area is 84.1 Å². The first-order chi connectivity index (χ1) is 6.75. The number of aliphatic hydroxyl groups excluding tert-OH is 1. The monoisotopic (exact) mass is 192 g/mol. The third-order valence-corrected chi connectivity index (χ3v) is 2.59. The highest BCUT2D eigenvalue weighted by atomic mass is 16.3. The van der Waals surface area contributed by atoms with Crippen LogP contribution in [0.2, 0.25) is 0 Å². The number of aryl methyl sites for hydroxylation is 1. The third-order valence-electron chi connectivity index (χ3n) is 2.59. The topological polar surface area (TPSA) is 44.3 Å². The number of hydrogen-bond acceptors (Lipinski definition) is 3. The average Bonchev–Trinajstić information content (AvgIpc) is 2.56. The molecule has 0 aliphatic carbocycles. The second-order valence-electron chi connectivity index (χ2n) is 3.84. The van der Waals surface area contributed by atoms with E-state index in [4.69, 9.17) is 0 Å². The molecule has 3 heteroatoms. The Morgan fingerprint density at radius 1 is 1.29 bits per heavy atom. The third kappa shape index (κ3) is 2.05. The van der Waals surface area contributed by atoms with Crippen LogP contribution in [-0.2, 0) is 0 Å². The van der Waals surface area contributed by atoms with Gasteiger partial charge in [0.1, 0.15) is 0 Å². The summed E-state index contributed by atoms with van der Waals surface area (Å²) in [4.78, 5) is 0. The highest BCUT2D eigenvalue weighted by Crippen LogP contribution is 2.12. The maximum atomic E-state index is 9.58. The number of β-amino-alcohol motifs (C(OH)–C–C–N with tert-alkyl or cyclic N) is 1. The van der Waals surface area contributed by atoms with Crippen molar-refractivity contribution in [3.05, 3.63) is 29.8 Å². The molecule has 0 aromatic heterocycles. The summed E-state index contributed by atoms with van der Waals surface area (Å²) in [5.74, 6) is 0. The summed E-state index contributed by atoms with van der Waals surface area (Å²) >= 11 is 0. The Morgan fingerprint density at radius 3 is 2.57 bits per heavy atom. The Kier molecular flexibility index (Phi) is 2.70. The normalized spacial score (nSPS) is 26.4. The van der Waals surface area contributed by atoms with Crippen molar-refractivity contribution in [1.82, 2.24) is 5.32 Å². The van der Waals surface area contributed by atoms with Gasteiger partial charge in [0.25, 0.3) is 0 Å². The van der Waals surface area contributed by atoms with Gasteiger partial charge in [-0.3, -0.25) is 0 Å². The van der Waals surface area contributed by atoms with Gasteiger partial charge in [-0.05, 0) is 19.1 Å². The van der Waals surface area contributed by atoms with Crippen molar-refractivity contribution in [3.63, 3.8) is 0 Å². The Bertz CT molecular complexity index is 297. The first-order valence-corrected chi connectivity index (χ1v) is 4.98. The SMILES string of the molecule is Cc1ccc(N[C@@H]2CNC[C@H]2O)cc1. The molecule has 1 aromatic rings. The number of aliphatic hydroxyl groups is 1. The van der Waals surface area contributed by atoms with Crippen LogP contribution < -0.4 is 10.6 Å². The van der Waals surface area contributed by atoms with Crippen molar-refractivity contribution in [2.75, 3.05) is 18.4 Å². The van der Waals surface area contributed by atoms with Crippen molar-refractivity contribution < 1.29 is 5.11 Å². The number of anilines is 1. The molecule has 76 valence electrons.